The van der Waals surface area contributed by atoms with Crippen molar-refractivity contribution >= 4 is 23.6 Å². The Morgan fingerprint density at radius 1 is 1.04 bits per heavy atom. The fourth-order valence-electron chi connectivity index (χ4n) is 4.93. The number of nitrogens with one attached hydrogen (secondary N) is 3. The van der Waals surface area contributed by atoms with Gasteiger partial charge in [-0.1, -0.05) is 6.07 Å². The third-order valence-corrected chi connectivity index (χ3v) is 6.37. The van der Waals surface area contributed by atoms with Crippen LogP contribution in [0.15, 0.2) is 18.2 Å². The highest BCUT2D eigenvalue weighted by Gasteiger charge is 2.44. The standard InChI is InChI=1S/C20H22N4O4/c25-17-6-5-16(18(26)23-17)24-19(27)12-3-1-10(7-13(12)20(24)28)9-21-15-8-11-2-4-14(15)22-11/h1,3,7,11,14-16,21-22H,2,4-6,8-9H2,(H,23,25,26)/t11-,14+,15+,16?/m0/s1. The van der Waals surface area contributed by atoms with Crippen molar-refractivity contribution in [3.8, 4) is 0 Å². The van der Waals surface area contributed by atoms with Crippen molar-refractivity contribution in [2.24, 2.45) is 0 Å². The first-order chi connectivity index (χ1) is 13.5. The summed E-state index contributed by atoms with van der Waals surface area (Å²) in [5.41, 5.74) is 1.59. The predicted octanol–water partition coefficient (Wildman–Crippen LogP) is 0.0703. The molecule has 3 saturated heterocycles. The SMILES string of the molecule is O=C1CCC(N2C(=O)c3ccc(CN[C@@H]4C[C@@H]5CC[C@H]4N5)cc3C2=O)C(=O)N1. The third kappa shape index (κ3) is 2.75. The second kappa shape index (κ2) is 6.49. The van der Waals surface area contributed by atoms with Crippen LogP contribution >= 0.6 is 0 Å². The minimum atomic E-state index is -0.924. The van der Waals surface area contributed by atoms with Crippen molar-refractivity contribution in [2.45, 2.75) is 62.8 Å². The zero-order chi connectivity index (χ0) is 19.4. The summed E-state index contributed by atoms with van der Waals surface area (Å²) in [7, 11) is 0. The number of rotatable bonds is 4. The van der Waals surface area contributed by atoms with Crippen molar-refractivity contribution in [3.63, 3.8) is 0 Å². The zero-order valence-electron chi connectivity index (χ0n) is 15.4. The van der Waals surface area contributed by atoms with Crippen LogP contribution in [0.2, 0.25) is 0 Å². The minimum Gasteiger partial charge on any atom is -0.310 e. The second-order valence-corrected chi connectivity index (χ2v) is 8.10. The van der Waals surface area contributed by atoms with Crippen molar-refractivity contribution in [2.75, 3.05) is 0 Å². The van der Waals surface area contributed by atoms with Crippen LogP contribution in [0.4, 0.5) is 0 Å². The molecule has 5 rings (SSSR count). The molecule has 0 radical (unpaired) electrons. The topological polar surface area (TPSA) is 108 Å². The van der Waals surface area contributed by atoms with Gasteiger partial charge < -0.3 is 10.6 Å². The number of imide groups is 2. The van der Waals surface area contributed by atoms with E-state index in [2.05, 4.69) is 16.0 Å². The second-order valence-electron chi connectivity index (χ2n) is 8.10. The van der Waals surface area contributed by atoms with E-state index in [1.807, 2.05) is 6.07 Å². The van der Waals surface area contributed by atoms with Gasteiger partial charge in [0.2, 0.25) is 11.8 Å². The number of nitrogens with zero attached hydrogens (tertiary/aromatic N) is 1. The summed E-state index contributed by atoms with van der Waals surface area (Å²) in [6.45, 7) is 0.628. The Labute approximate surface area is 162 Å². The van der Waals surface area contributed by atoms with Gasteiger partial charge in [0, 0.05) is 31.1 Å². The Bertz CT molecular complexity index is 898. The van der Waals surface area contributed by atoms with Gasteiger partial charge in [-0.25, -0.2) is 0 Å². The van der Waals surface area contributed by atoms with Crippen LogP contribution in [0, 0.1) is 0 Å². The molecule has 3 fully saturated rings. The van der Waals surface area contributed by atoms with Crippen LogP contribution in [0.25, 0.3) is 0 Å². The molecule has 0 aromatic heterocycles. The number of carbonyl (C=O) groups is 4. The lowest BCUT2D eigenvalue weighted by Crippen LogP contribution is -2.54. The Balaban J connectivity index is 1.31. The van der Waals surface area contributed by atoms with Gasteiger partial charge >= 0.3 is 0 Å². The van der Waals surface area contributed by atoms with Crippen LogP contribution < -0.4 is 16.0 Å². The zero-order valence-corrected chi connectivity index (χ0v) is 15.4. The fraction of sp³-hybridized carbons (Fsp3) is 0.500. The Hall–Kier alpha value is -2.58. The first kappa shape index (κ1) is 17.5. The molecule has 8 heteroatoms. The number of fused-ring (bicyclic) bond motifs is 3. The Morgan fingerprint density at radius 2 is 1.86 bits per heavy atom. The number of benzene rings is 1. The Morgan fingerprint density at radius 3 is 2.57 bits per heavy atom. The highest BCUT2D eigenvalue weighted by Crippen LogP contribution is 2.30. The van der Waals surface area contributed by atoms with Gasteiger partial charge in [0.05, 0.1) is 11.1 Å². The Kier molecular flexibility index (Phi) is 4.06. The summed E-state index contributed by atoms with van der Waals surface area (Å²) in [4.78, 5) is 50.1. The molecule has 8 nitrogen and oxygen atoms in total. The molecule has 4 heterocycles. The highest BCUT2D eigenvalue weighted by atomic mass is 16.2. The van der Waals surface area contributed by atoms with E-state index in [4.69, 9.17) is 0 Å². The first-order valence-corrected chi connectivity index (χ1v) is 9.85. The van der Waals surface area contributed by atoms with E-state index in [0.29, 0.717) is 35.8 Å². The summed E-state index contributed by atoms with van der Waals surface area (Å²) in [6.07, 6.45) is 3.85. The van der Waals surface area contributed by atoms with Gasteiger partial charge in [0.1, 0.15) is 6.04 Å². The molecular weight excluding hydrogens is 360 g/mol. The van der Waals surface area contributed by atoms with Crippen molar-refractivity contribution in [1.29, 1.82) is 0 Å². The van der Waals surface area contributed by atoms with Crippen LogP contribution in [0.3, 0.4) is 0 Å². The molecule has 0 spiro atoms. The van der Waals surface area contributed by atoms with Gasteiger partial charge in [-0.05, 0) is 43.4 Å². The number of piperidine rings is 1. The molecule has 2 bridgehead atoms. The molecule has 1 aromatic rings. The number of carbonyl (C=O) groups excluding carboxylic acids is 4. The summed E-state index contributed by atoms with van der Waals surface area (Å²) < 4.78 is 0. The van der Waals surface area contributed by atoms with Crippen molar-refractivity contribution < 1.29 is 19.2 Å². The maximum absolute atomic E-state index is 12.9. The van der Waals surface area contributed by atoms with E-state index in [0.717, 1.165) is 16.9 Å². The molecular formula is C20H22N4O4. The lowest BCUT2D eigenvalue weighted by atomic mass is 9.95. The first-order valence-electron chi connectivity index (χ1n) is 9.85. The number of amides is 4. The van der Waals surface area contributed by atoms with E-state index in [1.54, 1.807) is 12.1 Å². The quantitative estimate of drug-likeness (QED) is 0.636. The molecule has 146 valence electrons. The monoisotopic (exact) mass is 382 g/mol. The molecule has 1 aromatic carbocycles. The molecule has 1 unspecified atom stereocenters. The maximum Gasteiger partial charge on any atom is 0.262 e. The molecule has 4 amide bonds. The molecule has 4 aliphatic rings. The van der Waals surface area contributed by atoms with E-state index in [9.17, 15) is 19.2 Å². The number of hydrogen-bond acceptors (Lipinski definition) is 6. The molecule has 0 aliphatic carbocycles. The van der Waals surface area contributed by atoms with Gasteiger partial charge in [-0.3, -0.25) is 29.4 Å². The smallest absolute Gasteiger partial charge is 0.262 e. The minimum absolute atomic E-state index is 0.122. The molecule has 0 saturated carbocycles. The average molecular weight is 382 g/mol. The highest BCUT2D eigenvalue weighted by molar-refractivity contribution is 6.23. The summed E-state index contributed by atoms with van der Waals surface area (Å²) >= 11 is 0. The summed E-state index contributed by atoms with van der Waals surface area (Å²) in [5, 5.41) is 9.36. The summed E-state index contributed by atoms with van der Waals surface area (Å²) in [5.74, 6) is -1.89. The molecule has 28 heavy (non-hydrogen) atoms. The molecule has 3 N–H and O–H groups in total. The average Bonchev–Trinajstić information content (AvgIpc) is 3.36. The molecule has 4 aliphatic heterocycles. The normalized spacial score (nSPS) is 31.5. The van der Waals surface area contributed by atoms with Gasteiger partial charge in [-0.15, -0.1) is 0 Å². The predicted molar refractivity (Wildman–Crippen MR) is 98.3 cm³/mol. The van der Waals surface area contributed by atoms with Crippen LogP contribution in [0.1, 0.15) is 58.4 Å². The van der Waals surface area contributed by atoms with Crippen LogP contribution in [-0.4, -0.2) is 52.7 Å². The molecule has 4 atom stereocenters. The largest absolute Gasteiger partial charge is 0.310 e. The fourth-order valence-corrected chi connectivity index (χ4v) is 4.93. The lowest BCUT2D eigenvalue weighted by Gasteiger charge is -2.27. The van der Waals surface area contributed by atoms with E-state index < -0.39 is 23.8 Å². The van der Waals surface area contributed by atoms with Crippen molar-refractivity contribution in [3.05, 3.63) is 34.9 Å². The van der Waals surface area contributed by atoms with Crippen LogP contribution in [-0.2, 0) is 16.1 Å². The van der Waals surface area contributed by atoms with Crippen molar-refractivity contribution in [1.82, 2.24) is 20.9 Å². The van der Waals surface area contributed by atoms with Gasteiger partial charge in [0.25, 0.3) is 11.8 Å². The van der Waals surface area contributed by atoms with Crippen LogP contribution in [0.5, 0.6) is 0 Å². The van der Waals surface area contributed by atoms with E-state index in [1.165, 1.54) is 12.8 Å². The number of hydrogen-bond donors (Lipinski definition) is 3. The van der Waals surface area contributed by atoms with E-state index in [-0.39, 0.29) is 18.7 Å². The van der Waals surface area contributed by atoms with Gasteiger partial charge in [-0.2, -0.15) is 0 Å². The summed E-state index contributed by atoms with van der Waals surface area (Å²) in [6, 6.07) is 5.91. The maximum atomic E-state index is 12.9. The lowest BCUT2D eigenvalue weighted by molar-refractivity contribution is -0.136. The third-order valence-electron chi connectivity index (χ3n) is 6.37. The van der Waals surface area contributed by atoms with Gasteiger partial charge in [0.15, 0.2) is 0 Å². The van der Waals surface area contributed by atoms with E-state index >= 15 is 0 Å².